The number of ether oxygens (including phenoxy) is 1. The Kier molecular flexibility index (Phi) is 4.47. The minimum absolute atomic E-state index is 0.219. The number of halogens is 1. The van der Waals surface area contributed by atoms with Crippen molar-refractivity contribution >= 4 is 35.2 Å². The first-order valence-corrected chi connectivity index (χ1v) is 9.27. The van der Waals surface area contributed by atoms with Crippen LogP contribution in [0.2, 0.25) is 5.02 Å². The lowest BCUT2D eigenvalue weighted by atomic mass is 10.1. The molecular formula is C18H22ClN5O3. The molecule has 0 N–H and O–H groups in total. The van der Waals surface area contributed by atoms with Crippen LogP contribution >= 0.6 is 11.6 Å². The molecule has 0 bridgehead atoms. The van der Waals surface area contributed by atoms with Crippen molar-refractivity contribution in [3.63, 3.8) is 0 Å². The van der Waals surface area contributed by atoms with Gasteiger partial charge in [-0.05, 0) is 24.6 Å². The maximum Gasteiger partial charge on any atom is 0.328 e. The molecule has 144 valence electrons. The minimum atomic E-state index is -0.513. The summed E-state index contributed by atoms with van der Waals surface area (Å²) in [5.41, 5.74) is 1.94. The molecule has 3 amide bonds. The van der Waals surface area contributed by atoms with Gasteiger partial charge in [0.2, 0.25) is 5.96 Å². The van der Waals surface area contributed by atoms with Crippen LogP contribution in [0.5, 0.6) is 0 Å². The van der Waals surface area contributed by atoms with Crippen LogP contribution in [-0.2, 0) is 9.53 Å². The van der Waals surface area contributed by atoms with Gasteiger partial charge >= 0.3 is 6.03 Å². The zero-order valence-electron chi connectivity index (χ0n) is 15.6. The molecule has 2 saturated heterocycles. The van der Waals surface area contributed by atoms with E-state index in [-0.39, 0.29) is 18.5 Å². The highest BCUT2D eigenvalue weighted by Crippen LogP contribution is 2.35. The highest BCUT2D eigenvalue weighted by molar-refractivity contribution is 6.31. The number of rotatable bonds is 4. The second-order valence-electron chi connectivity index (χ2n) is 6.89. The summed E-state index contributed by atoms with van der Waals surface area (Å²) in [6.07, 6.45) is -0.513. The molecule has 2 unspecified atom stereocenters. The smallest absolute Gasteiger partial charge is 0.328 e. The number of hydrogen-bond acceptors (Lipinski definition) is 6. The number of carbonyl (C=O) groups is 2. The molecule has 1 aromatic carbocycles. The molecule has 3 aliphatic heterocycles. The van der Waals surface area contributed by atoms with E-state index >= 15 is 0 Å². The number of fused-ring (bicyclic) bond motifs is 3. The topological polar surface area (TPSA) is 68.7 Å². The standard InChI is InChI=1S/C18H22ClN5O3/c1-11-12(19)5-4-6-13(11)22-7-8-23-14-15(20-17(22)23)21(2)18(26)24(16(14)25)9-10-27-3/h4-6,14-15H,7-10H2,1-3H3. The highest BCUT2D eigenvalue weighted by Gasteiger charge is 2.54. The number of hydrogen-bond donors (Lipinski definition) is 0. The third-order valence-corrected chi connectivity index (χ3v) is 5.84. The molecule has 3 aliphatic rings. The average molecular weight is 392 g/mol. The molecule has 2 atom stereocenters. The molecule has 27 heavy (non-hydrogen) atoms. The molecule has 0 saturated carbocycles. The predicted molar refractivity (Wildman–Crippen MR) is 102 cm³/mol. The van der Waals surface area contributed by atoms with Crippen LogP contribution in [0, 0.1) is 6.92 Å². The maximum absolute atomic E-state index is 13.0. The molecule has 0 radical (unpaired) electrons. The van der Waals surface area contributed by atoms with E-state index in [1.165, 1.54) is 9.80 Å². The van der Waals surface area contributed by atoms with E-state index in [1.807, 2.05) is 30.0 Å². The fourth-order valence-corrected chi connectivity index (χ4v) is 4.11. The molecule has 4 rings (SSSR count). The second kappa shape index (κ2) is 6.69. The number of benzene rings is 1. The minimum Gasteiger partial charge on any atom is -0.383 e. The quantitative estimate of drug-likeness (QED) is 0.775. The van der Waals surface area contributed by atoms with E-state index < -0.39 is 12.2 Å². The summed E-state index contributed by atoms with van der Waals surface area (Å²) >= 11 is 6.28. The summed E-state index contributed by atoms with van der Waals surface area (Å²) in [5.74, 6) is 0.500. The lowest BCUT2D eigenvalue weighted by molar-refractivity contribution is -0.137. The van der Waals surface area contributed by atoms with E-state index in [0.717, 1.165) is 17.2 Å². The SMILES string of the molecule is COCCN1C(=O)C2C(N=C3N(c4cccc(Cl)c4C)CCN32)N(C)C1=O. The van der Waals surface area contributed by atoms with Crippen molar-refractivity contribution in [3.05, 3.63) is 28.8 Å². The van der Waals surface area contributed by atoms with Gasteiger partial charge in [-0.25, -0.2) is 9.79 Å². The third kappa shape index (κ3) is 2.66. The fourth-order valence-electron chi connectivity index (χ4n) is 3.94. The summed E-state index contributed by atoms with van der Waals surface area (Å²) in [6, 6.07) is 4.92. The van der Waals surface area contributed by atoms with E-state index in [1.54, 1.807) is 14.2 Å². The predicted octanol–water partition coefficient (Wildman–Crippen LogP) is 1.38. The summed E-state index contributed by atoms with van der Waals surface area (Å²) < 4.78 is 5.05. The van der Waals surface area contributed by atoms with Crippen molar-refractivity contribution in [3.8, 4) is 0 Å². The fraction of sp³-hybridized carbons (Fsp3) is 0.500. The molecule has 0 spiro atoms. The Bertz CT molecular complexity index is 829. The number of imide groups is 1. The first-order chi connectivity index (χ1) is 13.0. The van der Waals surface area contributed by atoms with Crippen molar-refractivity contribution in [1.29, 1.82) is 0 Å². The van der Waals surface area contributed by atoms with Crippen molar-refractivity contribution in [1.82, 2.24) is 14.7 Å². The molecule has 8 nitrogen and oxygen atoms in total. The third-order valence-electron chi connectivity index (χ3n) is 5.43. The Balaban J connectivity index is 1.66. The number of urea groups is 1. The molecule has 9 heteroatoms. The van der Waals surface area contributed by atoms with Gasteiger partial charge in [-0.2, -0.15) is 0 Å². The lowest BCUT2D eigenvalue weighted by Gasteiger charge is -2.40. The van der Waals surface area contributed by atoms with Gasteiger partial charge in [0, 0.05) is 38.0 Å². The summed E-state index contributed by atoms with van der Waals surface area (Å²) in [4.78, 5) is 37.3. The number of amides is 3. The van der Waals surface area contributed by atoms with Gasteiger partial charge in [0.15, 0.2) is 12.2 Å². The van der Waals surface area contributed by atoms with Gasteiger partial charge in [-0.15, -0.1) is 0 Å². The number of guanidine groups is 1. The van der Waals surface area contributed by atoms with Crippen molar-refractivity contribution in [2.24, 2.45) is 4.99 Å². The maximum atomic E-state index is 13.0. The van der Waals surface area contributed by atoms with Gasteiger partial charge in [0.05, 0.1) is 13.2 Å². The zero-order valence-corrected chi connectivity index (χ0v) is 16.3. The normalized spacial score (nSPS) is 24.5. The van der Waals surface area contributed by atoms with Crippen LogP contribution < -0.4 is 4.90 Å². The Morgan fingerprint density at radius 1 is 1.30 bits per heavy atom. The van der Waals surface area contributed by atoms with Crippen molar-refractivity contribution < 1.29 is 14.3 Å². The van der Waals surface area contributed by atoms with Gasteiger partial charge in [0.1, 0.15) is 0 Å². The summed E-state index contributed by atoms with van der Waals surface area (Å²) in [7, 11) is 3.24. The van der Waals surface area contributed by atoms with Crippen LogP contribution in [0.25, 0.3) is 0 Å². The van der Waals surface area contributed by atoms with Crippen LogP contribution in [0.1, 0.15) is 5.56 Å². The molecule has 0 aromatic heterocycles. The number of anilines is 1. The van der Waals surface area contributed by atoms with Gasteiger partial charge in [-0.3, -0.25) is 9.69 Å². The number of nitrogens with zero attached hydrogens (tertiary/aromatic N) is 5. The molecule has 0 aliphatic carbocycles. The monoisotopic (exact) mass is 391 g/mol. The molecule has 3 heterocycles. The Labute approximate surface area is 162 Å². The zero-order chi connectivity index (χ0) is 19.3. The van der Waals surface area contributed by atoms with Crippen molar-refractivity contribution in [2.75, 3.05) is 45.3 Å². The Hall–Kier alpha value is -2.32. The van der Waals surface area contributed by atoms with E-state index in [4.69, 9.17) is 21.3 Å². The highest BCUT2D eigenvalue weighted by atomic mass is 35.5. The average Bonchev–Trinajstić information content (AvgIpc) is 3.21. The number of aliphatic imine (C=N–C) groups is 1. The first-order valence-electron chi connectivity index (χ1n) is 8.90. The largest absolute Gasteiger partial charge is 0.383 e. The Morgan fingerprint density at radius 3 is 2.81 bits per heavy atom. The van der Waals surface area contributed by atoms with E-state index in [2.05, 4.69) is 4.90 Å². The lowest BCUT2D eigenvalue weighted by Crippen LogP contribution is -2.65. The van der Waals surface area contributed by atoms with E-state index in [9.17, 15) is 9.59 Å². The van der Waals surface area contributed by atoms with Gasteiger partial charge in [0.25, 0.3) is 5.91 Å². The van der Waals surface area contributed by atoms with Crippen molar-refractivity contribution in [2.45, 2.75) is 19.1 Å². The van der Waals surface area contributed by atoms with Crippen LogP contribution in [0.15, 0.2) is 23.2 Å². The van der Waals surface area contributed by atoms with Crippen LogP contribution in [0.3, 0.4) is 0 Å². The first kappa shape index (κ1) is 18.1. The molecule has 1 aromatic rings. The second-order valence-corrected chi connectivity index (χ2v) is 7.30. The summed E-state index contributed by atoms with van der Waals surface area (Å²) in [5, 5.41) is 0.691. The van der Waals surface area contributed by atoms with E-state index in [0.29, 0.717) is 24.7 Å². The number of carbonyl (C=O) groups excluding carboxylic acids is 2. The molecular weight excluding hydrogens is 370 g/mol. The number of likely N-dealkylation sites (N-methyl/N-ethyl adjacent to an activating group) is 1. The van der Waals surface area contributed by atoms with Gasteiger partial charge < -0.3 is 19.4 Å². The molecule has 2 fully saturated rings. The van der Waals surface area contributed by atoms with Crippen LogP contribution in [-0.4, -0.2) is 85.2 Å². The number of methoxy groups -OCH3 is 1. The summed E-state index contributed by atoms with van der Waals surface area (Å²) in [6.45, 7) is 3.90. The van der Waals surface area contributed by atoms with Crippen LogP contribution in [0.4, 0.5) is 10.5 Å². The van der Waals surface area contributed by atoms with Gasteiger partial charge in [-0.1, -0.05) is 17.7 Å². The Morgan fingerprint density at radius 2 is 2.07 bits per heavy atom.